The SMILES string of the molecule is Cc1cn(C)nc1CC1(N)CCN(Cc2ccccc2)C1. The molecule has 0 aliphatic carbocycles. The van der Waals surface area contributed by atoms with E-state index in [0.29, 0.717) is 0 Å². The summed E-state index contributed by atoms with van der Waals surface area (Å²) in [4.78, 5) is 2.45. The summed E-state index contributed by atoms with van der Waals surface area (Å²) in [5.41, 5.74) is 10.2. The normalized spacial score (nSPS) is 22.8. The zero-order valence-electron chi connectivity index (χ0n) is 12.9. The van der Waals surface area contributed by atoms with Crippen LogP contribution in [0.4, 0.5) is 0 Å². The number of nitrogens with two attached hydrogens (primary N) is 1. The van der Waals surface area contributed by atoms with Gasteiger partial charge in [-0.25, -0.2) is 0 Å². The zero-order valence-corrected chi connectivity index (χ0v) is 12.9. The van der Waals surface area contributed by atoms with E-state index >= 15 is 0 Å². The van der Waals surface area contributed by atoms with Crippen molar-refractivity contribution in [2.24, 2.45) is 12.8 Å². The summed E-state index contributed by atoms with van der Waals surface area (Å²) in [6, 6.07) is 10.6. The van der Waals surface area contributed by atoms with Gasteiger partial charge in [-0.15, -0.1) is 0 Å². The number of rotatable bonds is 4. The molecule has 112 valence electrons. The molecule has 1 aromatic carbocycles. The number of hydrogen-bond acceptors (Lipinski definition) is 3. The van der Waals surface area contributed by atoms with Gasteiger partial charge in [-0.3, -0.25) is 9.58 Å². The predicted octanol–water partition coefficient (Wildman–Crippen LogP) is 1.87. The van der Waals surface area contributed by atoms with Crippen LogP contribution in [0.3, 0.4) is 0 Å². The first kappa shape index (κ1) is 14.3. The number of aromatic nitrogens is 2. The highest BCUT2D eigenvalue weighted by atomic mass is 15.3. The predicted molar refractivity (Wildman–Crippen MR) is 84.9 cm³/mol. The Morgan fingerprint density at radius 1 is 1.29 bits per heavy atom. The molecule has 1 saturated heterocycles. The van der Waals surface area contributed by atoms with Crippen molar-refractivity contribution in [1.29, 1.82) is 0 Å². The number of nitrogens with zero attached hydrogens (tertiary/aromatic N) is 3. The van der Waals surface area contributed by atoms with Crippen LogP contribution in [0.2, 0.25) is 0 Å². The minimum atomic E-state index is -0.145. The number of hydrogen-bond donors (Lipinski definition) is 1. The lowest BCUT2D eigenvalue weighted by Crippen LogP contribution is -2.44. The quantitative estimate of drug-likeness (QED) is 0.932. The van der Waals surface area contributed by atoms with Crippen molar-refractivity contribution in [3.63, 3.8) is 0 Å². The van der Waals surface area contributed by atoms with Crippen LogP contribution in [0, 0.1) is 6.92 Å². The second kappa shape index (κ2) is 5.62. The first-order valence-electron chi connectivity index (χ1n) is 7.58. The third kappa shape index (κ3) is 3.34. The van der Waals surface area contributed by atoms with Gasteiger partial charge in [0.15, 0.2) is 0 Å². The fraction of sp³-hybridized carbons (Fsp3) is 0.471. The van der Waals surface area contributed by atoms with Gasteiger partial charge in [-0.2, -0.15) is 5.10 Å². The molecule has 1 aliphatic rings. The smallest absolute Gasteiger partial charge is 0.0672 e. The van der Waals surface area contributed by atoms with Crippen molar-refractivity contribution in [3.8, 4) is 0 Å². The van der Waals surface area contributed by atoms with Crippen LogP contribution in [0.15, 0.2) is 36.5 Å². The molecule has 1 fully saturated rings. The van der Waals surface area contributed by atoms with Crippen LogP contribution < -0.4 is 5.73 Å². The molecule has 0 amide bonds. The van der Waals surface area contributed by atoms with E-state index in [1.54, 1.807) is 0 Å². The molecule has 21 heavy (non-hydrogen) atoms. The van der Waals surface area contributed by atoms with Crippen molar-refractivity contribution in [3.05, 3.63) is 53.3 Å². The summed E-state index contributed by atoms with van der Waals surface area (Å²) < 4.78 is 1.88. The molecule has 4 heteroatoms. The van der Waals surface area contributed by atoms with Crippen LogP contribution >= 0.6 is 0 Å². The second-order valence-electron chi connectivity index (χ2n) is 6.42. The van der Waals surface area contributed by atoms with Crippen LogP contribution in [0.25, 0.3) is 0 Å². The maximum Gasteiger partial charge on any atom is 0.0672 e. The van der Waals surface area contributed by atoms with E-state index in [2.05, 4.69) is 53.5 Å². The van der Waals surface area contributed by atoms with Crippen LogP contribution in [-0.4, -0.2) is 33.3 Å². The lowest BCUT2D eigenvalue weighted by molar-refractivity contribution is 0.301. The molecule has 0 spiro atoms. The molecule has 1 aromatic heterocycles. The molecule has 3 rings (SSSR count). The fourth-order valence-corrected chi connectivity index (χ4v) is 3.27. The van der Waals surface area contributed by atoms with Gasteiger partial charge in [0, 0.05) is 44.8 Å². The van der Waals surface area contributed by atoms with Crippen molar-refractivity contribution in [2.75, 3.05) is 13.1 Å². The number of benzene rings is 1. The minimum Gasteiger partial charge on any atom is -0.324 e. The molecule has 0 saturated carbocycles. The summed E-state index contributed by atoms with van der Waals surface area (Å²) in [6.45, 7) is 5.11. The van der Waals surface area contributed by atoms with E-state index in [1.807, 2.05) is 11.7 Å². The van der Waals surface area contributed by atoms with E-state index in [-0.39, 0.29) is 5.54 Å². The minimum absolute atomic E-state index is 0.145. The van der Waals surface area contributed by atoms with E-state index < -0.39 is 0 Å². The molecule has 0 bridgehead atoms. The van der Waals surface area contributed by atoms with Gasteiger partial charge in [0.1, 0.15) is 0 Å². The van der Waals surface area contributed by atoms with Crippen molar-refractivity contribution in [1.82, 2.24) is 14.7 Å². The Balaban J connectivity index is 1.64. The van der Waals surface area contributed by atoms with Gasteiger partial charge in [-0.05, 0) is 24.5 Å². The Bertz CT molecular complexity index is 605. The maximum absolute atomic E-state index is 6.62. The van der Waals surface area contributed by atoms with E-state index in [9.17, 15) is 0 Å². The van der Waals surface area contributed by atoms with Gasteiger partial charge in [0.2, 0.25) is 0 Å². The van der Waals surface area contributed by atoms with Gasteiger partial charge >= 0.3 is 0 Å². The Kier molecular flexibility index (Phi) is 3.83. The average molecular weight is 284 g/mol. The van der Waals surface area contributed by atoms with Gasteiger partial charge < -0.3 is 5.73 Å². The molecule has 2 aromatic rings. The Morgan fingerprint density at radius 2 is 2.05 bits per heavy atom. The molecule has 1 atom stereocenters. The standard InChI is InChI=1S/C17H24N4/c1-14-11-20(2)19-16(14)10-17(18)8-9-21(13-17)12-15-6-4-3-5-7-15/h3-7,11H,8-10,12-13,18H2,1-2H3. The second-order valence-corrected chi connectivity index (χ2v) is 6.42. The number of aryl methyl sites for hydroxylation is 2. The zero-order chi connectivity index (χ0) is 14.9. The Morgan fingerprint density at radius 3 is 2.71 bits per heavy atom. The fourth-order valence-electron chi connectivity index (χ4n) is 3.27. The van der Waals surface area contributed by atoms with Crippen LogP contribution in [-0.2, 0) is 20.0 Å². The Hall–Kier alpha value is -1.65. The summed E-state index contributed by atoms with van der Waals surface area (Å²) in [6.07, 6.45) is 3.97. The summed E-state index contributed by atoms with van der Waals surface area (Å²) in [5.74, 6) is 0. The van der Waals surface area contributed by atoms with Crippen LogP contribution in [0.1, 0.15) is 23.2 Å². The Labute approximate surface area is 126 Å². The lowest BCUT2D eigenvalue weighted by Gasteiger charge is -2.24. The lowest BCUT2D eigenvalue weighted by atomic mass is 9.92. The summed E-state index contributed by atoms with van der Waals surface area (Å²) in [5, 5.41) is 4.55. The summed E-state index contributed by atoms with van der Waals surface area (Å²) in [7, 11) is 1.97. The third-order valence-electron chi connectivity index (χ3n) is 4.35. The summed E-state index contributed by atoms with van der Waals surface area (Å²) >= 11 is 0. The molecule has 1 unspecified atom stereocenters. The van der Waals surface area contributed by atoms with Crippen molar-refractivity contribution in [2.45, 2.75) is 31.8 Å². The van der Waals surface area contributed by atoms with E-state index in [1.165, 1.54) is 11.1 Å². The molecular weight excluding hydrogens is 260 g/mol. The maximum atomic E-state index is 6.62. The molecule has 0 radical (unpaired) electrons. The third-order valence-corrected chi connectivity index (χ3v) is 4.35. The average Bonchev–Trinajstić information content (AvgIpc) is 2.94. The van der Waals surface area contributed by atoms with Gasteiger partial charge in [-0.1, -0.05) is 30.3 Å². The molecule has 2 N–H and O–H groups in total. The monoisotopic (exact) mass is 284 g/mol. The highest BCUT2D eigenvalue weighted by Crippen LogP contribution is 2.25. The molecule has 4 nitrogen and oxygen atoms in total. The molecular formula is C17H24N4. The van der Waals surface area contributed by atoms with Crippen molar-refractivity contribution >= 4 is 0 Å². The van der Waals surface area contributed by atoms with E-state index in [0.717, 1.165) is 38.2 Å². The van der Waals surface area contributed by atoms with Crippen molar-refractivity contribution < 1.29 is 0 Å². The molecule has 2 heterocycles. The molecule has 1 aliphatic heterocycles. The first-order valence-corrected chi connectivity index (χ1v) is 7.58. The number of likely N-dealkylation sites (tertiary alicyclic amines) is 1. The van der Waals surface area contributed by atoms with Gasteiger partial charge in [0.25, 0.3) is 0 Å². The van der Waals surface area contributed by atoms with Gasteiger partial charge in [0.05, 0.1) is 5.69 Å². The highest BCUT2D eigenvalue weighted by molar-refractivity contribution is 5.19. The van der Waals surface area contributed by atoms with Crippen LogP contribution in [0.5, 0.6) is 0 Å². The largest absolute Gasteiger partial charge is 0.324 e. The topological polar surface area (TPSA) is 47.1 Å². The highest BCUT2D eigenvalue weighted by Gasteiger charge is 2.35. The first-order chi connectivity index (χ1) is 10.0. The van der Waals surface area contributed by atoms with E-state index in [4.69, 9.17) is 5.73 Å².